The highest BCUT2D eigenvalue weighted by Gasteiger charge is 2.48. The van der Waals surface area contributed by atoms with Crippen LogP contribution in [0.5, 0.6) is 0 Å². The van der Waals surface area contributed by atoms with Gasteiger partial charge in [0.15, 0.2) is 0 Å². The van der Waals surface area contributed by atoms with Crippen LogP contribution in [0.3, 0.4) is 0 Å². The fraction of sp³-hybridized carbons (Fsp3) is 1.00. The summed E-state index contributed by atoms with van der Waals surface area (Å²) in [5.74, 6) is 0. The number of rotatable bonds is 3. The first kappa shape index (κ1) is 11.4. The van der Waals surface area contributed by atoms with E-state index in [0.717, 1.165) is 12.1 Å². The minimum Gasteiger partial charge on any atom is -0.300 e. The molecule has 0 aliphatic carbocycles. The highest BCUT2D eigenvalue weighted by Crippen LogP contribution is 2.41. The molecular formula is C13H26N2. The fourth-order valence-electron chi connectivity index (χ4n) is 3.05. The van der Waals surface area contributed by atoms with E-state index in [1.165, 1.54) is 39.0 Å². The Bertz CT molecular complexity index is 219. The largest absolute Gasteiger partial charge is 0.300 e. The van der Waals surface area contributed by atoms with Crippen LogP contribution < -0.4 is 0 Å². The molecule has 0 aromatic carbocycles. The van der Waals surface area contributed by atoms with Crippen molar-refractivity contribution in [2.45, 2.75) is 52.6 Å². The normalized spacial score (nSPS) is 28.6. The van der Waals surface area contributed by atoms with Gasteiger partial charge in [-0.05, 0) is 40.2 Å². The number of hydrogen-bond donors (Lipinski definition) is 0. The molecule has 0 aromatic rings. The fourth-order valence-corrected chi connectivity index (χ4v) is 3.05. The molecule has 0 N–H and O–H groups in total. The minimum atomic E-state index is 0.674. The molecule has 1 unspecified atom stereocenters. The van der Waals surface area contributed by atoms with E-state index >= 15 is 0 Å². The lowest BCUT2D eigenvalue weighted by atomic mass is 9.78. The summed E-state index contributed by atoms with van der Waals surface area (Å²) in [6.07, 6.45) is 2.72. The molecule has 0 saturated carbocycles. The van der Waals surface area contributed by atoms with Crippen LogP contribution in [-0.2, 0) is 0 Å². The first-order chi connectivity index (χ1) is 7.06. The van der Waals surface area contributed by atoms with E-state index in [9.17, 15) is 0 Å². The van der Waals surface area contributed by atoms with E-state index in [0.29, 0.717) is 5.41 Å². The van der Waals surface area contributed by atoms with Crippen molar-refractivity contribution >= 4 is 0 Å². The molecule has 2 heterocycles. The van der Waals surface area contributed by atoms with Crippen molar-refractivity contribution in [2.24, 2.45) is 5.41 Å². The Morgan fingerprint density at radius 1 is 1.07 bits per heavy atom. The highest BCUT2D eigenvalue weighted by molar-refractivity contribution is 5.02. The van der Waals surface area contributed by atoms with Crippen molar-refractivity contribution in [3.63, 3.8) is 0 Å². The quantitative estimate of drug-likeness (QED) is 0.704. The zero-order valence-electron chi connectivity index (χ0n) is 10.8. The summed E-state index contributed by atoms with van der Waals surface area (Å²) in [5.41, 5.74) is 0.674. The molecule has 0 amide bonds. The first-order valence-electron chi connectivity index (χ1n) is 6.54. The minimum absolute atomic E-state index is 0.674. The average molecular weight is 210 g/mol. The van der Waals surface area contributed by atoms with Crippen molar-refractivity contribution in [1.82, 2.24) is 9.80 Å². The Morgan fingerprint density at radius 3 is 2.13 bits per heavy atom. The Labute approximate surface area is 94.6 Å². The van der Waals surface area contributed by atoms with Gasteiger partial charge in [0.1, 0.15) is 0 Å². The molecule has 2 aliphatic rings. The zero-order valence-corrected chi connectivity index (χ0v) is 10.8. The Kier molecular flexibility index (Phi) is 3.09. The molecule has 1 spiro atoms. The van der Waals surface area contributed by atoms with Crippen LogP contribution in [-0.4, -0.2) is 48.1 Å². The van der Waals surface area contributed by atoms with Crippen LogP contribution in [0, 0.1) is 5.41 Å². The molecule has 0 aromatic heterocycles. The summed E-state index contributed by atoms with van der Waals surface area (Å²) in [7, 11) is 0. The van der Waals surface area contributed by atoms with E-state index in [2.05, 4.69) is 37.5 Å². The molecule has 15 heavy (non-hydrogen) atoms. The summed E-state index contributed by atoms with van der Waals surface area (Å²) >= 11 is 0. The summed E-state index contributed by atoms with van der Waals surface area (Å²) in [6, 6.07) is 1.53. The molecule has 2 heteroatoms. The van der Waals surface area contributed by atoms with Gasteiger partial charge < -0.3 is 4.90 Å². The molecule has 0 bridgehead atoms. The van der Waals surface area contributed by atoms with E-state index in [1.54, 1.807) is 0 Å². The van der Waals surface area contributed by atoms with Crippen molar-refractivity contribution in [1.29, 1.82) is 0 Å². The van der Waals surface area contributed by atoms with Gasteiger partial charge in [0, 0.05) is 37.1 Å². The third kappa shape index (κ3) is 2.07. The summed E-state index contributed by atoms with van der Waals surface area (Å²) in [5, 5.41) is 0. The molecule has 88 valence electrons. The third-order valence-electron chi connectivity index (χ3n) is 4.49. The van der Waals surface area contributed by atoms with E-state index in [-0.39, 0.29) is 0 Å². The summed E-state index contributed by atoms with van der Waals surface area (Å²) in [6.45, 7) is 14.7. The van der Waals surface area contributed by atoms with Crippen molar-refractivity contribution in [3.05, 3.63) is 0 Å². The first-order valence-corrected chi connectivity index (χ1v) is 6.54. The zero-order chi connectivity index (χ0) is 11.1. The predicted molar refractivity (Wildman–Crippen MR) is 65.1 cm³/mol. The monoisotopic (exact) mass is 210 g/mol. The van der Waals surface area contributed by atoms with Crippen LogP contribution in [0.15, 0.2) is 0 Å². The van der Waals surface area contributed by atoms with Gasteiger partial charge in [0.2, 0.25) is 0 Å². The third-order valence-corrected chi connectivity index (χ3v) is 4.49. The van der Waals surface area contributed by atoms with Gasteiger partial charge in [0.25, 0.3) is 0 Å². The highest BCUT2D eigenvalue weighted by atomic mass is 15.3. The Hall–Kier alpha value is -0.0800. The van der Waals surface area contributed by atoms with Crippen LogP contribution >= 0.6 is 0 Å². The van der Waals surface area contributed by atoms with Gasteiger partial charge in [-0.3, -0.25) is 4.90 Å². The molecular weight excluding hydrogens is 184 g/mol. The molecule has 2 saturated heterocycles. The summed E-state index contributed by atoms with van der Waals surface area (Å²) < 4.78 is 0. The molecule has 2 aliphatic heterocycles. The Morgan fingerprint density at radius 2 is 1.67 bits per heavy atom. The second-order valence-electron chi connectivity index (χ2n) is 5.98. The molecule has 2 fully saturated rings. The topological polar surface area (TPSA) is 6.48 Å². The second kappa shape index (κ2) is 4.06. The maximum Gasteiger partial charge on any atom is 0.00972 e. The Balaban J connectivity index is 1.83. The summed E-state index contributed by atoms with van der Waals surface area (Å²) in [4.78, 5) is 5.30. The molecule has 2 nitrogen and oxygen atoms in total. The van der Waals surface area contributed by atoms with Gasteiger partial charge in [-0.2, -0.15) is 0 Å². The van der Waals surface area contributed by atoms with Crippen LogP contribution in [0.25, 0.3) is 0 Å². The van der Waals surface area contributed by atoms with Crippen LogP contribution in [0.1, 0.15) is 40.5 Å². The SMILES string of the molecule is CCC(C)N1CC2(CCN(C(C)C)C2)C1. The van der Waals surface area contributed by atoms with Crippen molar-refractivity contribution in [3.8, 4) is 0 Å². The maximum absolute atomic E-state index is 2.66. The number of likely N-dealkylation sites (tertiary alicyclic amines) is 2. The van der Waals surface area contributed by atoms with Crippen LogP contribution in [0.4, 0.5) is 0 Å². The average Bonchev–Trinajstić information content (AvgIpc) is 2.59. The van der Waals surface area contributed by atoms with Crippen molar-refractivity contribution < 1.29 is 0 Å². The number of nitrogens with zero attached hydrogens (tertiary/aromatic N) is 2. The second-order valence-corrected chi connectivity index (χ2v) is 5.98. The van der Waals surface area contributed by atoms with Crippen LogP contribution in [0.2, 0.25) is 0 Å². The number of hydrogen-bond acceptors (Lipinski definition) is 2. The van der Waals surface area contributed by atoms with E-state index in [1.807, 2.05) is 0 Å². The smallest absolute Gasteiger partial charge is 0.00972 e. The van der Waals surface area contributed by atoms with Gasteiger partial charge in [-0.15, -0.1) is 0 Å². The standard InChI is InChI=1S/C13H26N2/c1-5-12(4)15-9-13(10-15)6-7-14(8-13)11(2)3/h11-12H,5-10H2,1-4H3. The van der Waals surface area contributed by atoms with E-state index in [4.69, 9.17) is 0 Å². The molecule has 2 rings (SSSR count). The lowest BCUT2D eigenvalue weighted by molar-refractivity contribution is -0.0216. The van der Waals surface area contributed by atoms with Gasteiger partial charge >= 0.3 is 0 Å². The van der Waals surface area contributed by atoms with Gasteiger partial charge in [0.05, 0.1) is 0 Å². The predicted octanol–water partition coefficient (Wildman–Crippen LogP) is 2.20. The van der Waals surface area contributed by atoms with E-state index < -0.39 is 0 Å². The lowest BCUT2D eigenvalue weighted by Gasteiger charge is -2.51. The maximum atomic E-state index is 2.66. The molecule has 1 atom stereocenters. The van der Waals surface area contributed by atoms with Gasteiger partial charge in [-0.25, -0.2) is 0 Å². The molecule has 0 radical (unpaired) electrons. The lowest BCUT2D eigenvalue weighted by Crippen LogP contribution is -2.60. The van der Waals surface area contributed by atoms with Gasteiger partial charge in [-0.1, -0.05) is 6.92 Å². The van der Waals surface area contributed by atoms with Crippen molar-refractivity contribution in [2.75, 3.05) is 26.2 Å².